The molecule has 1 aromatic heterocycles. The van der Waals surface area contributed by atoms with Crippen molar-refractivity contribution in [3.8, 4) is 5.75 Å². The zero-order chi connectivity index (χ0) is 23.0. The number of aromatic nitrogens is 1. The van der Waals surface area contributed by atoms with Crippen LogP contribution in [0.2, 0.25) is 5.02 Å². The number of aliphatic carboxylic acids is 1. The third-order valence-corrected chi connectivity index (χ3v) is 6.56. The van der Waals surface area contributed by atoms with Gasteiger partial charge in [-0.05, 0) is 23.8 Å². The van der Waals surface area contributed by atoms with Crippen LogP contribution in [0.4, 0.5) is 0 Å². The molecular formula is C24H24ClN2O5+. The van der Waals surface area contributed by atoms with Gasteiger partial charge in [0.2, 0.25) is 5.54 Å². The highest BCUT2D eigenvalue weighted by atomic mass is 35.5. The first-order chi connectivity index (χ1) is 15.3. The van der Waals surface area contributed by atoms with Gasteiger partial charge >= 0.3 is 11.9 Å². The van der Waals surface area contributed by atoms with E-state index >= 15 is 0 Å². The van der Waals surface area contributed by atoms with E-state index in [9.17, 15) is 9.59 Å². The van der Waals surface area contributed by atoms with Crippen LogP contribution in [0.1, 0.15) is 28.0 Å². The van der Waals surface area contributed by atoms with Crippen LogP contribution in [-0.4, -0.2) is 53.2 Å². The van der Waals surface area contributed by atoms with Gasteiger partial charge in [0.05, 0.1) is 30.7 Å². The largest absolute Gasteiger partial charge is 0.495 e. The van der Waals surface area contributed by atoms with Crippen LogP contribution >= 0.6 is 11.6 Å². The van der Waals surface area contributed by atoms with E-state index in [4.69, 9.17) is 26.2 Å². The van der Waals surface area contributed by atoms with Crippen molar-refractivity contribution in [1.29, 1.82) is 0 Å². The molecule has 1 atom stereocenters. The molecule has 1 aliphatic rings. The summed E-state index contributed by atoms with van der Waals surface area (Å²) in [7, 11) is 3.36. The summed E-state index contributed by atoms with van der Waals surface area (Å²) in [4.78, 5) is 24.6. The third kappa shape index (κ3) is 3.57. The number of carboxylic acid groups (broad SMARTS) is 1. The summed E-state index contributed by atoms with van der Waals surface area (Å²) in [5.74, 6) is -0.618. The maximum atomic E-state index is 13.6. The van der Waals surface area contributed by atoms with Crippen molar-refractivity contribution in [2.45, 2.75) is 18.4 Å². The highest BCUT2D eigenvalue weighted by Crippen LogP contribution is 2.37. The van der Waals surface area contributed by atoms with E-state index in [0.717, 1.165) is 16.5 Å². The molecule has 7 nitrogen and oxygen atoms in total. The fourth-order valence-corrected chi connectivity index (χ4v) is 4.60. The van der Waals surface area contributed by atoms with Gasteiger partial charge in [-0.25, -0.2) is 4.79 Å². The number of carboxylic acids is 1. The quantitative estimate of drug-likeness (QED) is 0.453. The Labute approximate surface area is 190 Å². The Bertz CT molecular complexity index is 1220. The predicted molar refractivity (Wildman–Crippen MR) is 121 cm³/mol. The molecule has 3 aromatic rings. The molecule has 1 fully saturated rings. The van der Waals surface area contributed by atoms with Crippen LogP contribution in [0.5, 0.6) is 5.75 Å². The normalized spacial score (nSPS) is 18.1. The minimum absolute atomic E-state index is 0.0586. The number of hydrogen-bond donors (Lipinski definition) is 1. The summed E-state index contributed by atoms with van der Waals surface area (Å²) < 4.78 is 14.2. The molecule has 1 saturated heterocycles. The van der Waals surface area contributed by atoms with Crippen molar-refractivity contribution >= 4 is 41.1 Å². The van der Waals surface area contributed by atoms with Gasteiger partial charge in [-0.3, -0.25) is 4.79 Å². The Morgan fingerprint density at radius 1 is 1.28 bits per heavy atom. The van der Waals surface area contributed by atoms with Crippen LogP contribution < -0.4 is 4.74 Å². The number of methoxy groups -OCH3 is 1. The third-order valence-electron chi connectivity index (χ3n) is 6.17. The second-order valence-electron chi connectivity index (χ2n) is 7.94. The molecule has 0 bridgehead atoms. The molecule has 0 saturated carbocycles. The van der Waals surface area contributed by atoms with E-state index in [0.29, 0.717) is 41.7 Å². The van der Waals surface area contributed by atoms with E-state index < -0.39 is 11.5 Å². The minimum Gasteiger partial charge on any atom is -0.495 e. The predicted octanol–water partition coefficient (Wildman–Crippen LogP) is 3.64. The summed E-state index contributed by atoms with van der Waals surface area (Å²) >= 11 is 6.47. The van der Waals surface area contributed by atoms with Gasteiger partial charge < -0.3 is 19.1 Å². The Balaban J connectivity index is 1.73. The lowest BCUT2D eigenvalue weighted by Gasteiger charge is -2.23. The number of ether oxygens (including phenoxy) is 2. The summed E-state index contributed by atoms with van der Waals surface area (Å²) in [5, 5.41) is 10.2. The average Bonchev–Trinajstić information content (AvgIpc) is 3.40. The van der Waals surface area contributed by atoms with Crippen LogP contribution in [-0.2, 0) is 28.5 Å². The van der Waals surface area contributed by atoms with Crippen LogP contribution in [0.15, 0.2) is 42.5 Å². The van der Waals surface area contributed by atoms with E-state index in [-0.39, 0.29) is 12.3 Å². The van der Waals surface area contributed by atoms with Gasteiger partial charge in [0, 0.05) is 24.4 Å². The molecule has 1 N–H and O–H groups in total. The van der Waals surface area contributed by atoms with Gasteiger partial charge in [0.1, 0.15) is 19.1 Å². The second-order valence-corrected chi connectivity index (χ2v) is 8.32. The molecule has 8 heteroatoms. The molecular weight excluding hydrogens is 432 g/mol. The lowest BCUT2D eigenvalue weighted by atomic mass is 9.87. The molecule has 0 spiro atoms. The van der Waals surface area contributed by atoms with Crippen LogP contribution in [0, 0.1) is 0 Å². The van der Waals surface area contributed by atoms with Crippen molar-refractivity contribution < 1.29 is 28.7 Å². The fraction of sp³-hybridized carbons (Fsp3) is 0.292. The number of fused-ring (bicyclic) bond motifs is 1. The van der Waals surface area contributed by atoms with Gasteiger partial charge in [0.15, 0.2) is 5.69 Å². The van der Waals surface area contributed by atoms with Crippen LogP contribution in [0.25, 0.3) is 10.9 Å². The maximum Gasteiger partial charge on any atom is 0.436 e. The summed E-state index contributed by atoms with van der Waals surface area (Å²) in [6.45, 7) is 4.92. The second kappa shape index (κ2) is 8.41. The first-order valence-corrected chi connectivity index (χ1v) is 10.5. The number of carbonyl (C=O) groups is 2. The zero-order valence-electron chi connectivity index (χ0n) is 17.9. The SMILES string of the molecule is C=[N+](C(=O)c1cc2c(Cl)c(OC)ccc2n1C)C1(c2ccc(CC(=O)O)cc2)CCOC1. The van der Waals surface area contributed by atoms with E-state index in [1.165, 1.54) is 4.58 Å². The molecule has 2 heterocycles. The maximum absolute atomic E-state index is 13.6. The van der Waals surface area contributed by atoms with Crippen molar-refractivity contribution in [1.82, 2.24) is 4.57 Å². The lowest BCUT2D eigenvalue weighted by molar-refractivity contribution is -0.521. The van der Waals surface area contributed by atoms with Gasteiger partial charge in [0.25, 0.3) is 0 Å². The Kier molecular flexibility index (Phi) is 5.79. The van der Waals surface area contributed by atoms with Crippen molar-refractivity contribution in [2.24, 2.45) is 7.05 Å². The van der Waals surface area contributed by atoms with Crippen LogP contribution in [0.3, 0.4) is 0 Å². The number of aryl methyl sites for hydroxylation is 1. The number of rotatable bonds is 6. The van der Waals surface area contributed by atoms with Crippen molar-refractivity contribution in [3.05, 3.63) is 64.3 Å². The number of halogens is 1. The Morgan fingerprint density at radius 3 is 2.59 bits per heavy atom. The Hall–Kier alpha value is -3.16. The molecule has 2 aromatic carbocycles. The smallest absolute Gasteiger partial charge is 0.436 e. The molecule has 0 radical (unpaired) electrons. The first kappa shape index (κ1) is 22.0. The molecule has 0 aliphatic carbocycles. The number of amides is 1. The summed E-state index contributed by atoms with van der Waals surface area (Å²) in [6, 6.07) is 12.6. The molecule has 1 aliphatic heterocycles. The van der Waals surface area contributed by atoms with E-state index in [2.05, 4.69) is 6.72 Å². The van der Waals surface area contributed by atoms with Crippen molar-refractivity contribution in [3.63, 3.8) is 0 Å². The van der Waals surface area contributed by atoms with E-state index in [1.54, 1.807) is 35.9 Å². The van der Waals surface area contributed by atoms with E-state index in [1.807, 2.05) is 25.2 Å². The highest BCUT2D eigenvalue weighted by Gasteiger charge is 2.50. The molecule has 4 rings (SSSR count). The average molecular weight is 456 g/mol. The van der Waals surface area contributed by atoms with Gasteiger partial charge in [-0.15, -0.1) is 0 Å². The number of hydrogen-bond acceptors (Lipinski definition) is 4. The minimum atomic E-state index is -0.892. The number of nitrogens with zero attached hydrogens (tertiary/aromatic N) is 2. The fourth-order valence-electron chi connectivity index (χ4n) is 4.31. The topological polar surface area (TPSA) is 80.8 Å². The molecule has 32 heavy (non-hydrogen) atoms. The molecule has 166 valence electrons. The Morgan fingerprint density at radius 2 is 2.00 bits per heavy atom. The number of benzene rings is 2. The standard InChI is InChI=1S/C24H23ClN2O5/c1-26-18-8-9-20(31-3)22(25)17(18)13-19(26)23(30)27(2)24(10-11-32-14-24)16-6-4-15(5-7-16)12-21(28)29/h4-9,13H,2,10-12,14H2,1,3H3/p+1. The monoisotopic (exact) mass is 455 g/mol. The van der Waals surface area contributed by atoms with Crippen molar-refractivity contribution in [2.75, 3.05) is 20.3 Å². The first-order valence-electron chi connectivity index (χ1n) is 10.1. The summed E-state index contributed by atoms with van der Waals surface area (Å²) in [6.07, 6.45) is 0.524. The summed E-state index contributed by atoms with van der Waals surface area (Å²) in [5.41, 5.74) is 2.04. The molecule has 1 amide bonds. The van der Waals surface area contributed by atoms with Gasteiger partial charge in [-0.2, -0.15) is 4.58 Å². The molecule has 1 unspecified atom stereocenters. The highest BCUT2D eigenvalue weighted by molar-refractivity contribution is 6.37. The zero-order valence-corrected chi connectivity index (χ0v) is 18.7. The number of carbonyl (C=O) groups excluding carboxylic acids is 1. The van der Waals surface area contributed by atoms with Gasteiger partial charge in [-0.1, -0.05) is 35.9 Å². The lowest BCUT2D eigenvalue weighted by Crippen LogP contribution is -2.43.